The molecule has 0 bridgehead atoms. The molecule has 4 rings (SSSR count). The molecule has 0 aliphatic carbocycles. The second-order valence-corrected chi connectivity index (χ2v) is 8.09. The molecule has 0 spiro atoms. The molecule has 32 heavy (non-hydrogen) atoms. The Labute approximate surface area is 191 Å². The van der Waals surface area contributed by atoms with Crippen molar-refractivity contribution in [2.45, 2.75) is 33.9 Å². The van der Waals surface area contributed by atoms with Crippen LogP contribution in [0.4, 0.5) is 5.69 Å². The van der Waals surface area contributed by atoms with E-state index in [1.165, 1.54) is 0 Å². The molecule has 7 heteroatoms. The lowest BCUT2D eigenvalue weighted by atomic mass is 10.2. The fraction of sp³-hybridized carbons (Fsp3) is 0.200. The quantitative estimate of drug-likeness (QED) is 0.379. The molecule has 4 aromatic rings. The lowest BCUT2D eigenvalue weighted by Gasteiger charge is -2.09. The van der Waals surface area contributed by atoms with Gasteiger partial charge in [0.2, 0.25) is 0 Å². The standard InChI is InChI=1S/C25H24ClN3O3/c1-16-6-4-9-22(26)24(16)31-15-21-10-11-23(32-21)25(30)27-20-8-5-7-19(13-20)14-29-18(3)12-17(2)28-29/h4-13H,14-15H2,1-3H3,(H,27,30). The number of carbonyl (C=O) groups excluding carboxylic acids is 1. The van der Waals surface area contributed by atoms with Crippen LogP contribution in [0.1, 0.15) is 38.8 Å². The average molecular weight is 450 g/mol. The third-order valence-corrected chi connectivity index (χ3v) is 5.33. The van der Waals surface area contributed by atoms with Gasteiger partial charge < -0.3 is 14.5 Å². The van der Waals surface area contributed by atoms with Gasteiger partial charge in [0.25, 0.3) is 5.91 Å². The topological polar surface area (TPSA) is 69.3 Å². The van der Waals surface area contributed by atoms with Crippen LogP contribution in [0.3, 0.4) is 0 Å². The number of para-hydroxylation sites is 1. The maximum absolute atomic E-state index is 12.7. The Morgan fingerprint density at radius 3 is 2.66 bits per heavy atom. The van der Waals surface area contributed by atoms with Crippen LogP contribution >= 0.6 is 11.6 Å². The molecule has 0 saturated heterocycles. The van der Waals surface area contributed by atoms with E-state index in [0.29, 0.717) is 28.8 Å². The fourth-order valence-corrected chi connectivity index (χ4v) is 3.74. The Morgan fingerprint density at radius 1 is 1.09 bits per heavy atom. The Kier molecular flexibility index (Phi) is 6.32. The number of anilines is 1. The highest BCUT2D eigenvalue weighted by molar-refractivity contribution is 6.32. The number of amides is 1. The second-order valence-electron chi connectivity index (χ2n) is 7.68. The molecule has 0 atom stereocenters. The molecule has 2 heterocycles. The molecular weight excluding hydrogens is 426 g/mol. The number of carbonyl (C=O) groups is 1. The third-order valence-electron chi connectivity index (χ3n) is 5.03. The van der Waals surface area contributed by atoms with Crippen LogP contribution in [-0.4, -0.2) is 15.7 Å². The van der Waals surface area contributed by atoms with Crippen molar-refractivity contribution in [2.24, 2.45) is 0 Å². The van der Waals surface area contributed by atoms with Crippen LogP contribution < -0.4 is 10.1 Å². The second kappa shape index (κ2) is 9.32. The van der Waals surface area contributed by atoms with Gasteiger partial charge in [-0.1, -0.05) is 35.9 Å². The molecule has 1 N–H and O–H groups in total. The maximum atomic E-state index is 12.7. The number of benzene rings is 2. The molecule has 0 unspecified atom stereocenters. The number of hydrogen-bond acceptors (Lipinski definition) is 4. The first-order valence-corrected chi connectivity index (χ1v) is 10.6. The summed E-state index contributed by atoms with van der Waals surface area (Å²) in [5.74, 6) is 1.03. The molecule has 6 nitrogen and oxygen atoms in total. The molecule has 0 saturated carbocycles. The molecule has 0 aliphatic rings. The van der Waals surface area contributed by atoms with Crippen LogP contribution in [-0.2, 0) is 13.2 Å². The largest absolute Gasteiger partial charge is 0.484 e. The third kappa shape index (κ3) is 5.03. The first kappa shape index (κ1) is 21.7. The Hall–Kier alpha value is -3.51. The normalized spacial score (nSPS) is 10.9. The van der Waals surface area contributed by atoms with Crippen LogP contribution in [0, 0.1) is 20.8 Å². The summed E-state index contributed by atoms with van der Waals surface area (Å²) in [6.45, 7) is 6.73. The van der Waals surface area contributed by atoms with E-state index in [1.54, 1.807) is 18.2 Å². The number of rotatable bonds is 7. The van der Waals surface area contributed by atoms with Crippen molar-refractivity contribution < 1.29 is 13.9 Å². The van der Waals surface area contributed by atoms with Gasteiger partial charge in [-0.15, -0.1) is 0 Å². The number of hydrogen-bond donors (Lipinski definition) is 1. The van der Waals surface area contributed by atoms with Crippen molar-refractivity contribution in [1.29, 1.82) is 0 Å². The van der Waals surface area contributed by atoms with Crippen molar-refractivity contribution in [3.05, 3.63) is 99.7 Å². The van der Waals surface area contributed by atoms with Crippen molar-refractivity contribution in [2.75, 3.05) is 5.32 Å². The summed E-state index contributed by atoms with van der Waals surface area (Å²) in [7, 11) is 0. The summed E-state index contributed by atoms with van der Waals surface area (Å²) in [4.78, 5) is 12.7. The van der Waals surface area contributed by atoms with Crippen molar-refractivity contribution >= 4 is 23.2 Å². The molecular formula is C25H24ClN3O3. The number of furan rings is 1. The molecule has 1 amide bonds. The van der Waals surface area contributed by atoms with Crippen molar-refractivity contribution in [1.82, 2.24) is 9.78 Å². The lowest BCUT2D eigenvalue weighted by molar-refractivity contribution is 0.0992. The predicted octanol–water partition coefficient (Wildman–Crippen LogP) is 5.93. The summed E-state index contributed by atoms with van der Waals surface area (Å²) in [5, 5.41) is 7.91. The minimum Gasteiger partial charge on any atom is -0.484 e. The Morgan fingerprint density at radius 2 is 1.91 bits per heavy atom. The van der Waals surface area contributed by atoms with Gasteiger partial charge >= 0.3 is 0 Å². The minimum atomic E-state index is -0.326. The predicted molar refractivity (Wildman–Crippen MR) is 124 cm³/mol. The number of nitrogens with zero attached hydrogens (tertiary/aromatic N) is 2. The zero-order chi connectivity index (χ0) is 22.7. The Balaban J connectivity index is 1.39. The molecule has 2 aromatic carbocycles. The smallest absolute Gasteiger partial charge is 0.291 e. The number of nitrogens with one attached hydrogen (secondary N) is 1. The van der Waals surface area contributed by atoms with Crippen LogP contribution in [0.15, 0.2) is 65.1 Å². The van der Waals surface area contributed by atoms with Crippen LogP contribution in [0.25, 0.3) is 0 Å². The summed E-state index contributed by atoms with van der Waals surface area (Å²) < 4.78 is 13.4. The van der Waals surface area contributed by atoms with Gasteiger partial charge in [-0.05, 0) is 68.3 Å². The van der Waals surface area contributed by atoms with Crippen molar-refractivity contribution in [3.63, 3.8) is 0 Å². The number of halogens is 1. The minimum absolute atomic E-state index is 0.177. The van der Waals surface area contributed by atoms with Gasteiger partial charge in [0.15, 0.2) is 5.76 Å². The average Bonchev–Trinajstić information content (AvgIpc) is 3.34. The lowest BCUT2D eigenvalue weighted by Crippen LogP contribution is -2.11. The molecule has 2 aromatic heterocycles. The maximum Gasteiger partial charge on any atom is 0.291 e. The van der Waals surface area contributed by atoms with E-state index < -0.39 is 0 Å². The van der Waals surface area contributed by atoms with Crippen LogP contribution in [0.5, 0.6) is 5.75 Å². The first-order chi connectivity index (χ1) is 15.4. The summed E-state index contributed by atoms with van der Waals surface area (Å²) >= 11 is 6.19. The highest BCUT2D eigenvalue weighted by atomic mass is 35.5. The monoisotopic (exact) mass is 449 g/mol. The van der Waals surface area contributed by atoms with Gasteiger partial charge in [0.05, 0.1) is 17.3 Å². The van der Waals surface area contributed by atoms with E-state index >= 15 is 0 Å². The zero-order valence-electron chi connectivity index (χ0n) is 18.2. The van der Waals surface area contributed by atoms with Gasteiger partial charge in [-0.3, -0.25) is 9.48 Å². The van der Waals surface area contributed by atoms with E-state index in [1.807, 2.05) is 67.9 Å². The van der Waals surface area contributed by atoms with Gasteiger partial charge in [-0.25, -0.2) is 0 Å². The van der Waals surface area contributed by atoms with Gasteiger partial charge in [0.1, 0.15) is 18.1 Å². The molecule has 0 fully saturated rings. The van der Waals surface area contributed by atoms with E-state index in [9.17, 15) is 4.79 Å². The zero-order valence-corrected chi connectivity index (χ0v) is 18.9. The highest BCUT2D eigenvalue weighted by Gasteiger charge is 2.13. The first-order valence-electron chi connectivity index (χ1n) is 10.3. The van der Waals surface area contributed by atoms with Gasteiger partial charge in [0, 0.05) is 11.4 Å². The van der Waals surface area contributed by atoms with Gasteiger partial charge in [-0.2, -0.15) is 5.10 Å². The van der Waals surface area contributed by atoms with E-state index in [0.717, 1.165) is 22.5 Å². The summed E-state index contributed by atoms with van der Waals surface area (Å²) in [5.41, 5.74) is 4.73. The van der Waals surface area contributed by atoms with E-state index in [-0.39, 0.29) is 18.3 Å². The van der Waals surface area contributed by atoms with E-state index in [2.05, 4.69) is 10.4 Å². The number of aromatic nitrogens is 2. The molecule has 164 valence electrons. The number of aryl methyl sites for hydroxylation is 3. The molecule has 0 aliphatic heterocycles. The van der Waals surface area contributed by atoms with E-state index in [4.69, 9.17) is 20.8 Å². The van der Waals surface area contributed by atoms with Crippen molar-refractivity contribution in [3.8, 4) is 5.75 Å². The SMILES string of the molecule is Cc1cc(C)n(Cc2cccc(NC(=O)c3ccc(COc4c(C)cccc4Cl)o3)c2)n1. The number of ether oxygens (including phenoxy) is 1. The Bertz CT molecular complexity index is 1240. The fourth-order valence-electron chi connectivity index (χ4n) is 3.47. The molecule has 0 radical (unpaired) electrons. The van der Waals surface area contributed by atoms with Crippen LogP contribution in [0.2, 0.25) is 5.02 Å². The summed E-state index contributed by atoms with van der Waals surface area (Å²) in [6, 6.07) is 18.6. The summed E-state index contributed by atoms with van der Waals surface area (Å²) in [6.07, 6.45) is 0. The highest BCUT2D eigenvalue weighted by Crippen LogP contribution is 2.29.